The van der Waals surface area contributed by atoms with Gasteiger partial charge in [-0.15, -0.1) is 11.3 Å². The molecule has 154 valence electrons. The third-order valence-electron chi connectivity index (χ3n) is 4.54. The Hall–Kier alpha value is -2.95. The van der Waals surface area contributed by atoms with Gasteiger partial charge in [0.15, 0.2) is 9.84 Å². The molecule has 30 heavy (non-hydrogen) atoms. The maximum atomic E-state index is 12.8. The summed E-state index contributed by atoms with van der Waals surface area (Å²) < 4.78 is 30.4. The van der Waals surface area contributed by atoms with Crippen molar-refractivity contribution < 1.29 is 22.9 Å². The van der Waals surface area contributed by atoms with Crippen molar-refractivity contribution in [2.45, 2.75) is 10.6 Å². The van der Waals surface area contributed by atoms with E-state index in [1.54, 1.807) is 12.1 Å². The lowest BCUT2D eigenvalue weighted by atomic mass is 10.1. The molecule has 0 radical (unpaired) electrons. The molecule has 1 aliphatic heterocycles. The first-order chi connectivity index (χ1) is 14.2. The van der Waals surface area contributed by atoms with Gasteiger partial charge in [0.2, 0.25) is 0 Å². The summed E-state index contributed by atoms with van der Waals surface area (Å²) in [6, 6.07) is 10.0. The number of carbonyl (C=O) groups excluding carboxylic acids is 1. The molecule has 0 saturated heterocycles. The van der Waals surface area contributed by atoms with Crippen LogP contribution in [0.1, 0.15) is 15.2 Å². The summed E-state index contributed by atoms with van der Waals surface area (Å²) in [4.78, 5) is 24.3. The van der Waals surface area contributed by atoms with Crippen molar-refractivity contribution in [3.8, 4) is 16.2 Å². The highest BCUT2D eigenvalue weighted by Crippen LogP contribution is 2.44. The normalized spacial score (nSPS) is 13.8. The molecule has 1 N–H and O–H groups in total. The summed E-state index contributed by atoms with van der Waals surface area (Å²) in [5, 5.41) is 14.0. The molecule has 0 aliphatic carbocycles. The minimum absolute atomic E-state index is 0.136. The highest BCUT2D eigenvalue weighted by Gasteiger charge is 2.31. The van der Waals surface area contributed by atoms with Gasteiger partial charge >= 0.3 is 0 Å². The molecular weight excluding hydrogens is 452 g/mol. The number of nitro benzene ring substituents is 1. The standard InChI is InChI=1S/C19H13ClN2O6S2/c1-28-15-5-3-12(22(24)25)8-14(15)21-19(23)16-6-10-9-30(26,27)17-7-11(20)2-4-13(17)18(10)29-16/h2-8H,9H2,1H3,(H,21,23). The number of halogens is 1. The maximum Gasteiger partial charge on any atom is 0.271 e. The predicted octanol–water partition coefficient (Wildman–Crippen LogP) is 4.52. The number of sulfone groups is 1. The third-order valence-corrected chi connectivity index (χ3v) is 7.69. The van der Waals surface area contributed by atoms with E-state index in [-0.39, 0.29) is 32.6 Å². The Morgan fingerprint density at radius 2 is 2.00 bits per heavy atom. The van der Waals surface area contributed by atoms with Crippen LogP contribution in [-0.2, 0) is 15.6 Å². The van der Waals surface area contributed by atoms with Gasteiger partial charge in [-0.05, 0) is 29.8 Å². The molecule has 0 fully saturated rings. The van der Waals surface area contributed by atoms with E-state index >= 15 is 0 Å². The van der Waals surface area contributed by atoms with Crippen molar-refractivity contribution in [1.29, 1.82) is 0 Å². The number of anilines is 1. The van der Waals surface area contributed by atoms with Crippen LogP contribution in [-0.4, -0.2) is 26.4 Å². The topological polar surface area (TPSA) is 116 Å². The average Bonchev–Trinajstić information content (AvgIpc) is 3.11. The molecule has 1 amide bonds. The Labute approximate surface area is 180 Å². The molecule has 2 heterocycles. The second-order valence-corrected chi connectivity index (χ2v) is 9.91. The molecule has 0 atom stereocenters. The largest absolute Gasteiger partial charge is 0.495 e. The number of methoxy groups -OCH3 is 1. The number of nitrogens with one attached hydrogen (secondary N) is 1. The van der Waals surface area contributed by atoms with Gasteiger partial charge in [0, 0.05) is 27.6 Å². The van der Waals surface area contributed by atoms with Gasteiger partial charge in [-0.1, -0.05) is 17.7 Å². The number of rotatable bonds is 4. The van der Waals surface area contributed by atoms with Crippen molar-refractivity contribution in [1.82, 2.24) is 0 Å². The third kappa shape index (κ3) is 3.53. The minimum Gasteiger partial charge on any atom is -0.495 e. The molecule has 0 bridgehead atoms. The number of hydrogen-bond donors (Lipinski definition) is 1. The summed E-state index contributed by atoms with van der Waals surface area (Å²) >= 11 is 7.10. The Kier molecular flexibility index (Phi) is 5.00. The highest BCUT2D eigenvalue weighted by atomic mass is 35.5. The van der Waals surface area contributed by atoms with Crippen LogP contribution in [0.15, 0.2) is 47.4 Å². The van der Waals surface area contributed by atoms with Crippen molar-refractivity contribution in [3.63, 3.8) is 0 Å². The number of amides is 1. The molecule has 0 unspecified atom stereocenters. The summed E-state index contributed by atoms with van der Waals surface area (Å²) in [5.41, 5.74) is 0.958. The fourth-order valence-electron chi connectivity index (χ4n) is 3.19. The van der Waals surface area contributed by atoms with E-state index in [1.807, 2.05) is 0 Å². The monoisotopic (exact) mass is 464 g/mol. The van der Waals surface area contributed by atoms with Gasteiger partial charge in [0.25, 0.3) is 11.6 Å². The lowest BCUT2D eigenvalue weighted by Crippen LogP contribution is -2.12. The van der Waals surface area contributed by atoms with Gasteiger partial charge < -0.3 is 10.1 Å². The molecule has 3 aromatic rings. The summed E-state index contributed by atoms with van der Waals surface area (Å²) in [5.74, 6) is -0.501. The van der Waals surface area contributed by atoms with Crippen LogP contribution >= 0.6 is 22.9 Å². The number of nitro groups is 1. The van der Waals surface area contributed by atoms with E-state index < -0.39 is 20.7 Å². The van der Waals surface area contributed by atoms with Crippen LogP contribution in [0, 0.1) is 10.1 Å². The molecule has 0 spiro atoms. The van der Waals surface area contributed by atoms with E-state index in [9.17, 15) is 23.3 Å². The number of thiophene rings is 1. The van der Waals surface area contributed by atoms with Gasteiger partial charge in [-0.2, -0.15) is 0 Å². The minimum atomic E-state index is -3.58. The first-order valence-electron chi connectivity index (χ1n) is 8.49. The SMILES string of the molecule is COc1ccc([N+](=O)[O-])cc1NC(=O)c1cc2c(s1)-c1ccc(Cl)cc1S(=O)(=O)C2. The fraction of sp³-hybridized carbons (Fsp3) is 0.105. The van der Waals surface area contributed by atoms with Gasteiger partial charge in [-0.3, -0.25) is 14.9 Å². The molecule has 8 nitrogen and oxygen atoms in total. The number of fused-ring (bicyclic) bond motifs is 3. The quantitative estimate of drug-likeness (QED) is 0.448. The number of nitrogens with zero attached hydrogens (tertiary/aromatic N) is 1. The fourth-order valence-corrected chi connectivity index (χ4v) is 6.30. The Bertz CT molecular complexity index is 1320. The number of carbonyl (C=O) groups is 1. The van der Waals surface area contributed by atoms with E-state index in [4.69, 9.17) is 16.3 Å². The molecule has 0 saturated carbocycles. The van der Waals surface area contributed by atoms with Crippen LogP contribution in [0.3, 0.4) is 0 Å². The molecule has 11 heteroatoms. The highest BCUT2D eigenvalue weighted by molar-refractivity contribution is 7.91. The van der Waals surface area contributed by atoms with Crippen LogP contribution in [0.4, 0.5) is 11.4 Å². The number of hydrogen-bond acceptors (Lipinski definition) is 7. The van der Waals surface area contributed by atoms with E-state index in [0.717, 1.165) is 11.3 Å². The second-order valence-electron chi connectivity index (χ2n) is 6.46. The molecule has 4 rings (SSSR count). The van der Waals surface area contributed by atoms with E-state index in [1.165, 1.54) is 37.4 Å². The van der Waals surface area contributed by atoms with Crippen LogP contribution in [0.2, 0.25) is 5.02 Å². The van der Waals surface area contributed by atoms with Crippen molar-refractivity contribution >= 4 is 50.1 Å². The smallest absolute Gasteiger partial charge is 0.271 e. The molecular formula is C19H13ClN2O6S2. The summed E-state index contributed by atoms with van der Waals surface area (Å²) in [6.45, 7) is 0. The van der Waals surface area contributed by atoms with Crippen molar-refractivity contribution in [2.75, 3.05) is 12.4 Å². The van der Waals surface area contributed by atoms with E-state index in [0.29, 0.717) is 21.0 Å². The number of non-ortho nitro benzene ring substituents is 1. The predicted molar refractivity (Wildman–Crippen MR) is 113 cm³/mol. The molecule has 1 aromatic heterocycles. The maximum absolute atomic E-state index is 12.8. The van der Waals surface area contributed by atoms with Gasteiger partial charge in [0.1, 0.15) is 5.75 Å². The zero-order chi connectivity index (χ0) is 21.6. The second kappa shape index (κ2) is 7.38. The first kappa shape index (κ1) is 20.3. The molecule has 2 aromatic carbocycles. The van der Waals surface area contributed by atoms with Crippen LogP contribution in [0.25, 0.3) is 10.4 Å². The summed E-state index contributed by atoms with van der Waals surface area (Å²) in [7, 11) is -2.20. The van der Waals surface area contributed by atoms with Crippen LogP contribution < -0.4 is 10.1 Å². The summed E-state index contributed by atoms with van der Waals surface area (Å²) in [6.07, 6.45) is 0. The Balaban J connectivity index is 1.72. The van der Waals surface area contributed by atoms with E-state index in [2.05, 4.69) is 5.32 Å². The first-order valence-corrected chi connectivity index (χ1v) is 11.3. The number of ether oxygens (including phenoxy) is 1. The lowest BCUT2D eigenvalue weighted by molar-refractivity contribution is -0.384. The zero-order valence-electron chi connectivity index (χ0n) is 15.3. The number of benzene rings is 2. The Morgan fingerprint density at radius 1 is 1.23 bits per heavy atom. The van der Waals surface area contributed by atoms with Crippen molar-refractivity contribution in [3.05, 3.63) is 68.0 Å². The average molecular weight is 465 g/mol. The van der Waals surface area contributed by atoms with Gasteiger partial charge in [0.05, 0.1) is 33.2 Å². The van der Waals surface area contributed by atoms with Gasteiger partial charge in [-0.25, -0.2) is 8.42 Å². The zero-order valence-corrected chi connectivity index (χ0v) is 17.7. The molecule has 1 aliphatic rings. The Morgan fingerprint density at radius 3 is 2.70 bits per heavy atom. The van der Waals surface area contributed by atoms with Crippen molar-refractivity contribution in [2.24, 2.45) is 0 Å². The lowest BCUT2D eigenvalue weighted by Gasteiger charge is -2.16. The van der Waals surface area contributed by atoms with Crippen LogP contribution in [0.5, 0.6) is 5.75 Å².